The zero-order valence-electron chi connectivity index (χ0n) is 12.8. The van der Waals surface area contributed by atoms with Crippen molar-refractivity contribution in [3.63, 3.8) is 0 Å². The zero-order chi connectivity index (χ0) is 15.2. The Morgan fingerprint density at radius 3 is 2.45 bits per heavy atom. The lowest BCUT2D eigenvalue weighted by molar-refractivity contribution is -0.153. The molecule has 1 unspecified atom stereocenters. The van der Waals surface area contributed by atoms with Crippen LogP contribution in [0.2, 0.25) is 0 Å². The van der Waals surface area contributed by atoms with Gasteiger partial charge in [0.1, 0.15) is 11.4 Å². The summed E-state index contributed by atoms with van der Waals surface area (Å²) < 4.78 is 5.23. The molecule has 0 aliphatic carbocycles. The van der Waals surface area contributed by atoms with Crippen LogP contribution in [0.3, 0.4) is 0 Å². The van der Waals surface area contributed by atoms with Gasteiger partial charge in [0.05, 0.1) is 6.54 Å². The highest BCUT2D eigenvalue weighted by Crippen LogP contribution is 2.12. The Bertz CT molecular complexity index is 420. The van der Waals surface area contributed by atoms with E-state index in [0.717, 1.165) is 12.8 Å². The number of esters is 1. The van der Waals surface area contributed by atoms with Gasteiger partial charge >= 0.3 is 5.97 Å². The van der Waals surface area contributed by atoms with Crippen molar-refractivity contribution < 1.29 is 14.6 Å². The first-order valence-corrected chi connectivity index (χ1v) is 6.99. The van der Waals surface area contributed by atoms with Crippen LogP contribution in [0.25, 0.3) is 0 Å². The average molecular weight is 279 g/mol. The Morgan fingerprint density at radius 1 is 1.30 bits per heavy atom. The summed E-state index contributed by atoms with van der Waals surface area (Å²) in [5, 5.41) is 12.4. The summed E-state index contributed by atoms with van der Waals surface area (Å²) >= 11 is 0. The molecule has 0 aromatic heterocycles. The summed E-state index contributed by atoms with van der Waals surface area (Å²) in [6.45, 7) is 7.86. The molecule has 0 aliphatic rings. The topological polar surface area (TPSA) is 58.6 Å². The molecule has 1 aromatic rings. The van der Waals surface area contributed by atoms with Gasteiger partial charge < -0.3 is 15.2 Å². The van der Waals surface area contributed by atoms with E-state index in [1.807, 2.05) is 39.8 Å². The maximum absolute atomic E-state index is 11.6. The minimum Gasteiger partial charge on any atom is -0.508 e. The van der Waals surface area contributed by atoms with Crippen molar-refractivity contribution in [2.75, 3.05) is 6.54 Å². The second kappa shape index (κ2) is 7.29. The number of carbonyl (C=O) groups is 1. The molecule has 20 heavy (non-hydrogen) atoms. The highest BCUT2D eigenvalue weighted by Gasteiger charge is 2.16. The smallest absolute Gasteiger partial charge is 0.320 e. The lowest BCUT2D eigenvalue weighted by Crippen LogP contribution is -2.36. The van der Waals surface area contributed by atoms with Gasteiger partial charge in [-0.05, 0) is 58.2 Å². The van der Waals surface area contributed by atoms with Crippen LogP contribution in [0, 0.1) is 0 Å². The SMILES string of the molecule is CC(CCc1ccc(O)cc1)NCC(=O)OC(C)(C)C. The molecule has 0 heterocycles. The average Bonchev–Trinajstić information content (AvgIpc) is 2.33. The van der Waals surface area contributed by atoms with Gasteiger partial charge in [-0.2, -0.15) is 0 Å². The Hall–Kier alpha value is -1.55. The lowest BCUT2D eigenvalue weighted by Gasteiger charge is -2.20. The van der Waals surface area contributed by atoms with E-state index < -0.39 is 5.60 Å². The molecule has 1 aromatic carbocycles. The molecular weight excluding hydrogens is 254 g/mol. The third-order valence-electron chi connectivity index (χ3n) is 2.82. The zero-order valence-corrected chi connectivity index (χ0v) is 12.8. The molecule has 0 radical (unpaired) electrons. The van der Waals surface area contributed by atoms with Crippen LogP contribution in [0.1, 0.15) is 39.7 Å². The minimum atomic E-state index is -0.436. The van der Waals surface area contributed by atoms with Crippen molar-refractivity contribution in [3.8, 4) is 5.75 Å². The fraction of sp³-hybridized carbons (Fsp3) is 0.562. The van der Waals surface area contributed by atoms with Crippen molar-refractivity contribution in [2.24, 2.45) is 0 Å². The van der Waals surface area contributed by atoms with E-state index in [0.29, 0.717) is 0 Å². The van der Waals surface area contributed by atoms with E-state index >= 15 is 0 Å². The van der Waals surface area contributed by atoms with Crippen molar-refractivity contribution in [2.45, 2.75) is 52.2 Å². The Balaban J connectivity index is 2.25. The maximum Gasteiger partial charge on any atom is 0.320 e. The normalized spacial score (nSPS) is 13.0. The van der Waals surface area contributed by atoms with Crippen molar-refractivity contribution in [1.82, 2.24) is 5.32 Å². The maximum atomic E-state index is 11.6. The molecule has 0 amide bonds. The van der Waals surface area contributed by atoms with E-state index in [2.05, 4.69) is 5.32 Å². The van der Waals surface area contributed by atoms with Crippen LogP contribution in [0.4, 0.5) is 0 Å². The number of phenolic OH excluding ortho intramolecular Hbond substituents is 1. The predicted molar refractivity (Wildman–Crippen MR) is 79.7 cm³/mol. The third kappa shape index (κ3) is 7.14. The van der Waals surface area contributed by atoms with Crippen molar-refractivity contribution in [1.29, 1.82) is 0 Å². The monoisotopic (exact) mass is 279 g/mol. The van der Waals surface area contributed by atoms with Gasteiger partial charge in [0.25, 0.3) is 0 Å². The minimum absolute atomic E-state index is 0.228. The number of phenols is 1. The molecule has 1 rings (SSSR count). The summed E-state index contributed by atoms with van der Waals surface area (Å²) in [5.41, 5.74) is 0.738. The van der Waals surface area contributed by atoms with Gasteiger partial charge in [-0.3, -0.25) is 4.79 Å². The Morgan fingerprint density at radius 2 is 1.90 bits per heavy atom. The van der Waals surface area contributed by atoms with Gasteiger partial charge in [-0.1, -0.05) is 12.1 Å². The third-order valence-corrected chi connectivity index (χ3v) is 2.82. The molecule has 4 nitrogen and oxygen atoms in total. The Kier molecular flexibility index (Phi) is 6.02. The van der Waals surface area contributed by atoms with E-state index in [9.17, 15) is 9.90 Å². The van der Waals surface area contributed by atoms with Gasteiger partial charge in [0, 0.05) is 6.04 Å². The summed E-state index contributed by atoms with van der Waals surface area (Å²) in [7, 11) is 0. The number of hydrogen-bond acceptors (Lipinski definition) is 4. The first-order chi connectivity index (χ1) is 9.26. The fourth-order valence-corrected chi connectivity index (χ4v) is 1.78. The van der Waals surface area contributed by atoms with Crippen LogP contribution < -0.4 is 5.32 Å². The molecule has 112 valence electrons. The van der Waals surface area contributed by atoms with Crippen LogP contribution in [0.5, 0.6) is 5.75 Å². The highest BCUT2D eigenvalue weighted by molar-refractivity contribution is 5.72. The van der Waals surface area contributed by atoms with Gasteiger partial charge in [-0.15, -0.1) is 0 Å². The number of carbonyl (C=O) groups excluding carboxylic acids is 1. The molecule has 0 fully saturated rings. The standard InChI is InChI=1S/C16H25NO3/c1-12(17-11-15(19)20-16(2,3)4)5-6-13-7-9-14(18)10-8-13/h7-10,12,17-18H,5-6,11H2,1-4H3. The number of rotatable bonds is 6. The van der Waals surface area contributed by atoms with Crippen LogP contribution in [0.15, 0.2) is 24.3 Å². The molecule has 4 heteroatoms. The second-order valence-corrected chi connectivity index (χ2v) is 6.07. The van der Waals surface area contributed by atoms with Gasteiger partial charge in [0.2, 0.25) is 0 Å². The van der Waals surface area contributed by atoms with Crippen LogP contribution >= 0.6 is 0 Å². The lowest BCUT2D eigenvalue weighted by atomic mass is 10.1. The van der Waals surface area contributed by atoms with Crippen molar-refractivity contribution in [3.05, 3.63) is 29.8 Å². The number of benzene rings is 1. The van der Waals surface area contributed by atoms with E-state index in [4.69, 9.17) is 4.74 Å². The molecular formula is C16H25NO3. The molecule has 0 saturated carbocycles. The van der Waals surface area contributed by atoms with Crippen LogP contribution in [-0.2, 0) is 16.0 Å². The fourth-order valence-electron chi connectivity index (χ4n) is 1.78. The number of hydrogen-bond donors (Lipinski definition) is 2. The van der Waals surface area contributed by atoms with Gasteiger partial charge in [0.15, 0.2) is 0 Å². The van der Waals surface area contributed by atoms with E-state index in [-0.39, 0.29) is 24.3 Å². The summed E-state index contributed by atoms with van der Waals surface area (Å²) in [5.74, 6) is 0.0545. The number of aryl methyl sites for hydroxylation is 1. The van der Waals surface area contributed by atoms with E-state index in [1.165, 1.54) is 5.56 Å². The molecule has 0 bridgehead atoms. The number of aromatic hydroxyl groups is 1. The highest BCUT2D eigenvalue weighted by atomic mass is 16.6. The first kappa shape index (κ1) is 16.5. The summed E-state index contributed by atoms with van der Waals surface area (Å²) in [6, 6.07) is 7.44. The van der Waals surface area contributed by atoms with E-state index in [1.54, 1.807) is 12.1 Å². The van der Waals surface area contributed by atoms with Crippen LogP contribution in [-0.4, -0.2) is 29.3 Å². The molecule has 0 saturated heterocycles. The van der Waals surface area contributed by atoms with Crippen molar-refractivity contribution >= 4 is 5.97 Å². The number of ether oxygens (including phenoxy) is 1. The summed E-state index contributed by atoms with van der Waals surface area (Å²) in [6.07, 6.45) is 1.83. The largest absolute Gasteiger partial charge is 0.508 e. The summed E-state index contributed by atoms with van der Waals surface area (Å²) in [4.78, 5) is 11.6. The second-order valence-electron chi connectivity index (χ2n) is 6.07. The Labute approximate surface area is 121 Å². The number of nitrogens with one attached hydrogen (secondary N) is 1. The predicted octanol–water partition coefficient (Wildman–Crippen LogP) is 2.64. The first-order valence-electron chi connectivity index (χ1n) is 6.99. The van der Waals surface area contributed by atoms with Gasteiger partial charge in [-0.25, -0.2) is 0 Å². The quantitative estimate of drug-likeness (QED) is 0.786. The molecule has 0 aliphatic heterocycles. The molecule has 0 spiro atoms. The molecule has 1 atom stereocenters. The molecule has 2 N–H and O–H groups in total.